The lowest BCUT2D eigenvalue weighted by atomic mass is 9.75. The van der Waals surface area contributed by atoms with Crippen LogP contribution in [-0.4, -0.2) is 17.0 Å². The van der Waals surface area contributed by atoms with E-state index in [4.69, 9.17) is 0 Å². The van der Waals surface area contributed by atoms with Crippen LogP contribution in [0.1, 0.15) is 87.2 Å². The van der Waals surface area contributed by atoms with Gasteiger partial charge in [0.15, 0.2) is 0 Å². The molecule has 0 saturated heterocycles. The van der Waals surface area contributed by atoms with Crippen LogP contribution in [0.25, 0.3) is 0 Å². The van der Waals surface area contributed by atoms with E-state index in [0.717, 1.165) is 25.7 Å². The highest BCUT2D eigenvalue weighted by molar-refractivity contribution is 5.69. The van der Waals surface area contributed by atoms with Crippen molar-refractivity contribution >= 4 is 5.69 Å². The lowest BCUT2D eigenvalue weighted by Crippen LogP contribution is -2.35. The Hall–Kier alpha value is -4.30. The monoisotopic (exact) mass is 654 g/mol. The molecule has 0 aromatic heterocycles. The zero-order valence-corrected chi connectivity index (χ0v) is 29.3. The molecule has 0 fully saturated rings. The Bertz CT molecular complexity index is 1930. The summed E-state index contributed by atoms with van der Waals surface area (Å²) in [5.74, 6) is 2.86. The van der Waals surface area contributed by atoms with E-state index in [1.807, 2.05) is 0 Å². The summed E-state index contributed by atoms with van der Waals surface area (Å²) in [5.41, 5.74) is 12.1. The smallest absolute Gasteiger partial charge is 0.0626 e. The van der Waals surface area contributed by atoms with Crippen molar-refractivity contribution in [3.63, 3.8) is 0 Å². The molecule has 0 N–H and O–H groups in total. The maximum absolute atomic E-state index is 2.82. The average molecular weight is 655 g/mol. The first-order valence-corrected chi connectivity index (χ1v) is 19.7. The number of benzene rings is 1. The van der Waals surface area contributed by atoms with E-state index in [9.17, 15) is 0 Å². The Kier molecular flexibility index (Phi) is 7.81. The van der Waals surface area contributed by atoms with Crippen LogP contribution in [0.5, 0.6) is 0 Å². The lowest BCUT2D eigenvalue weighted by molar-refractivity contribution is 0.340. The molecular weight excluding hydrogens is 605 g/mol. The van der Waals surface area contributed by atoms with E-state index >= 15 is 0 Å². The largest absolute Gasteiger partial charge is 0.341 e. The molecule has 2 heterocycles. The Balaban J connectivity index is 1.07. The van der Waals surface area contributed by atoms with Crippen LogP contribution in [0.15, 0.2) is 162 Å². The highest BCUT2D eigenvalue weighted by atomic mass is 15.2. The predicted octanol–water partition coefficient (Wildman–Crippen LogP) is 11.6. The molecule has 50 heavy (non-hydrogen) atoms. The van der Waals surface area contributed by atoms with Crippen LogP contribution in [0, 0.1) is 23.7 Å². The van der Waals surface area contributed by atoms with Crippen LogP contribution in [0.4, 0.5) is 5.69 Å². The summed E-state index contributed by atoms with van der Waals surface area (Å²) in [7, 11) is 0. The molecule has 8 unspecified atom stereocenters. The van der Waals surface area contributed by atoms with Crippen molar-refractivity contribution in [1.82, 2.24) is 4.90 Å². The van der Waals surface area contributed by atoms with Crippen molar-refractivity contribution in [2.45, 2.75) is 88.1 Å². The van der Waals surface area contributed by atoms with Crippen LogP contribution in [0.3, 0.4) is 0 Å². The van der Waals surface area contributed by atoms with Crippen molar-refractivity contribution in [1.29, 1.82) is 0 Å². The van der Waals surface area contributed by atoms with Crippen molar-refractivity contribution in [2.75, 3.05) is 4.90 Å². The second-order valence-electron chi connectivity index (χ2n) is 16.0. The van der Waals surface area contributed by atoms with Gasteiger partial charge in [-0.2, -0.15) is 0 Å². The molecule has 2 nitrogen and oxygen atoms in total. The number of fused-ring (bicyclic) bond motifs is 5. The van der Waals surface area contributed by atoms with Gasteiger partial charge in [0.05, 0.1) is 6.04 Å². The third kappa shape index (κ3) is 5.12. The lowest BCUT2D eigenvalue weighted by Gasteiger charge is -2.39. The van der Waals surface area contributed by atoms with Crippen molar-refractivity contribution in [2.24, 2.45) is 23.7 Å². The average Bonchev–Trinajstić information content (AvgIpc) is 3.71. The number of rotatable bonds is 5. The van der Waals surface area contributed by atoms with Gasteiger partial charge in [-0.3, -0.25) is 0 Å². The molecule has 7 aliphatic carbocycles. The van der Waals surface area contributed by atoms with Gasteiger partial charge in [0.2, 0.25) is 0 Å². The van der Waals surface area contributed by atoms with Crippen molar-refractivity contribution in [3.05, 3.63) is 173 Å². The number of hydrogen-bond acceptors (Lipinski definition) is 2. The van der Waals surface area contributed by atoms with Crippen LogP contribution < -0.4 is 4.90 Å². The minimum atomic E-state index is 0.323. The third-order valence-electron chi connectivity index (χ3n) is 13.2. The van der Waals surface area contributed by atoms with Crippen LogP contribution in [0.2, 0.25) is 0 Å². The fourth-order valence-electron chi connectivity index (χ4n) is 10.8. The van der Waals surface area contributed by atoms with E-state index in [-0.39, 0.29) is 0 Å². The first-order chi connectivity index (χ1) is 24.8. The van der Waals surface area contributed by atoms with Crippen LogP contribution in [-0.2, 0) is 0 Å². The highest BCUT2D eigenvalue weighted by Crippen LogP contribution is 2.54. The summed E-state index contributed by atoms with van der Waals surface area (Å²) in [6.45, 7) is 0. The molecular formula is C48H50N2. The molecule has 2 heteroatoms. The standard InChI is InChI=1S/C48H50N2/c1-4-15-33(16-5-1)36-29-37(34-17-6-2-7-18-34)31-39(30-36)50-46-26-13-10-21-41(46)43-24-14-23-40(48(43)50)35-27-28-47-44(32-35)42-22-11-12-25-45(42)49(47)38-19-8-3-9-20-38/h1,3-6,8,10-11,13-15,17,19,21-22,24,26-28,30-34,36,40-42,45-46H,2,7,9,12,16,18,20,23,25,29H2. The van der Waals surface area contributed by atoms with Gasteiger partial charge in [-0.15, -0.1) is 0 Å². The Labute approximate surface area is 299 Å². The molecule has 1 aromatic rings. The van der Waals surface area contributed by atoms with Crippen LogP contribution >= 0.6 is 0 Å². The summed E-state index contributed by atoms with van der Waals surface area (Å²) in [4.78, 5) is 5.54. The fourth-order valence-corrected chi connectivity index (χ4v) is 10.8. The van der Waals surface area contributed by atoms with E-state index in [1.54, 1.807) is 11.3 Å². The SMILES string of the molecule is C1=CCCC(N2c3ccc(C4CC=CC5=C4N(C4=CC(C6C=CC=CC6)CC(C6C=CCCC6)=C4)C4C=CC=CC54)cc3C3C=CCCC32)=C1. The molecule has 0 bridgehead atoms. The van der Waals surface area contributed by atoms with Gasteiger partial charge in [0.1, 0.15) is 0 Å². The normalized spacial score (nSPS) is 34.8. The Morgan fingerprint density at radius 2 is 1.64 bits per heavy atom. The molecule has 0 radical (unpaired) electrons. The minimum Gasteiger partial charge on any atom is -0.341 e. The van der Waals surface area contributed by atoms with Gasteiger partial charge in [0, 0.05) is 46.6 Å². The first-order valence-electron chi connectivity index (χ1n) is 19.7. The highest BCUT2D eigenvalue weighted by Gasteiger charge is 2.45. The Morgan fingerprint density at radius 1 is 0.700 bits per heavy atom. The third-order valence-corrected chi connectivity index (χ3v) is 13.2. The minimum absolute atomic E-state index is 0.323. The summed E-state index contributed by atoms with van der Waals surface area (Å²) < 4.78 is 0. The molecule has 9 aliphatic rings. The number of anilines is 1. The molecule has 10 rings (SSSR count). The first kappa shape index (κ1) is 30.5. The fraction of sp³-hybridized carbons (Fsp3) is 0.375. The van der Waals surface area contributed by atoms with E-state index in [1.165, 1.54) is 72.3 Å². The van der Waals surface area contributed by atoms with Gasteiger partial charge < -0.3 is 9.80 Å². The summed E-state index contributed by atoms with van der Waals surface area (Å²) in [5, 5.41) is 0. The van der Waals surface area contributed by atoms with E-state index in [0.29, 0.717) is 47.6 Å². The summed E-state index contributed by atoms with van der Waals surface area (Å²) >= 11 is 0. The molecule has 1 aromatic carbocycles. The van der Waals surface area contributed by atoms with E-state index < -0.39 is 0 Å². The van der Waals surface area contributed by atoms with Gasteiger partial charge in [0.25, 0.3) is 0 Å². The number of hydrogen-bond donors (Lipinski definition) is 0. The van der Waals surface area contributed by atoms with Gasteiger partial charge in [-0.1, -0.05) is 121 Å². The predicted molar refractivity (Wildman–Crippen MR) is 208 cm³/mol. The quantitative estimate of drug-likeness (QED) is 0.292. The second kappa shape index (κ2) is 12.8. The van der Waals surface area contributed by atoms with Crippen molar-refractivity contribution < 1.29 is 0 Å². The summed E-state index contributed by atoms with van der Waals surface area (Å²) in [6.07, 6.45) is 58.0. The molecule has 252 valence electrons. The molecule has 0 amide bonds. The zero-order chi connectivity index (χ0) is 33.0. The second-order valence-corrected chi connectivity index (χ2v) is 16.0. The maximum atomic E-state index is 2.82. The molecule has 0 saturated carbocycles. The van der Waals surface area contributed by atoms with Gasteiger partial charge >= 0.3 is 0 Å². The zero-order valence-electron chi connectivity index (χ0n) is 29.3. The molecule has 0 spiro atoms. The molecule has 2 aliphatic heterocycles. The van der Waals surface area contributed by atoms with Crippen molar-refractivity contribution in [3.8, 4) is 0 Å². The number of allylic oxidation sites excluding steroid dienone is 19. The summed E-state index contributed by atoms with van der Waals surface area (Å²) in [6, 6.07) is 8.48. The Morgan fingerprint density at radius 3 is 2.52 bits per heavy atom. The van der Waals surface area contributed by atoms with Gasteiger partial charge in [-0.05, 0) is 117 Å². The molecule has 8 atom stereocenters. The number of nitrogens with zero attached hydrogens (tertiary/aromatic N) is 2. The maximum Gasteiger partial charge on any atom is 0.0626 e. The van der Waals surface area contributed by atoms with Gasteiger partial charge in [-0.25, -0.2) is 0 Å². The van der Waals surface area contributed by atoms with E-state index in [2.05, 4.69) is 143 Å². The topological polar surface area (TPSA) is 6.48 Å².